The Labute approximate surface area is 170 Å². The molecule has 0 bridgehead atoms. The van der Waals surface area contributed by atoms with E-state index < -0.39 is 0 Å². The summed E-state index contributed by atoms with van der Waals surface area (Å²) < 4.78 is 0. The molecule has 1 N–H and O–H groups in total. The lowest BCUT2D eigenvalue weighted by Gasteiger charge is -2.17. The Hall–Kier alpha value is -3.15. The molecule has 4 rings (SSSR count). The van der Waals surface area contributed by atoms with E-state index in [1.54, 1.807) is 6.20 Å². The molecular formula is C23H25N5O. The van der Waals surface area contributed by atoms with Gasteiger partial charge in [-0.05, 0) is 75.3 Å². The number of fused-ring (bicyclic) bond motifs is 1. The predicted molar refractivity (Wildman–Crippen MR) is 112 cm³/mol. The molecule has 0 atom stereocenters. The maximum absolute atomic E-state index is 12.6. The van der Waals surface area contributed by atoms with Crippen LogP contribution in [0.5, 0.6) is 0 Å². The Kier molecular flexibility index (Phi) is 5.34. The van der Waals surface area contributed by atoms with E-state index in [4.69, 9.17) is 0 Å². The average molecular weight is 387 g/mol. The highest BCUT2D eigenvalue weighted by atomic mass is 16.1. The highest BCUT2D eigenvalue weighted by Crippen LogP contribution is 2.23. The largest absolute Gasteiger partial charge is 0.345 e. The molecule has 2 aromatic heterocycles. The number of nitrogens with zero attached hydrogens (tertiary/aromatic N) is 4. The zero-order chi connectivity index (χ0) is 20.4. The van der Waals surface area contributed by atoms with Crippen LogP contribution in [0, 0.1) is 20.8 Å². The van der Waals surface area contributed by atoms with Gasteiger partial charge in [-0.1, -0.05) is 12.1 Å². The van der Waals surface area contributed by atoms with Crippen LogP contribution < -0.4 is 5.32 Å². The Morgan fingerprint density at radius 1 is 1.03 bits per heavy atom. The molecule has 0 radical (unpaired) electrons. The lowest BCUT2D eigenvalue weighted by atomic mass is 9.95. The van der Waals surface area contributed by atoms with Gasteiger partial charge in [-0.15, -0.1) is 0 Å². The zero-order valence-electron chi connectivity index (χ0n) is 17.1. The van der Waals surface area contributed by atoms with Crippen molar-refractivity contribution in [2.45, 2.75) is 53.0 Å². The van der Waals surface area contributed by atoms with E-state index in [1.165, 1.54) is 18.4 Å². The van der Waals surface area contributed by atoms with E-state index in [2.05, 4.69) is 25.5 Å². The van der Waals surface area contributed by atoms with E-state index in [0.717, 1.165) is 46.6 Å². The molecule has 148 valence electrons. The molecule has 0 aliphatic heterocycles. The van der Waals surface area contributed by atoms with E-state index in [1.807, 2.05) is 45.0 Å². The normalized spacial score (nSPS) is 13.1. The summed E-state index contributed by atoms with van der Waals surface area (Å²) in [4.78, 5) is 21.8. The van der Waals surface area contributed by atoms with Crippen molar-refractivity contribution in [2.75, 3.05) is 0 Å². The van der Waals surface area contributed by atoms with Crippen molar-refractivity contribution in [3.8, 4) is 11.3 Å². The van der Waals surface area contributed by atoms with Crippen LogP contribution in [-0.4, -0.2) is 26.1 Å². The minimum atomic E-state index is -0.137. The van der Waals surface area contributed by atoms with Crippen LogP contribution in [-0.2, 0) is 19.4 Å². The number of carbonyl (C=O) groups is 1. The van der Waals surface area contributed by atoms with Crippen LogP contribution in [0.3, 0.4) is 0 Å². The SMILES string of the molecule is Cc1cnnc(-c2ccc(C(=O)NCc3nc(C)c4c(n3)CCCC4)cc2)c1C. The van der Waals surface area contributed by atoms with Crippen LogP contribution in [0.15, 0.2) is 30.5 Å². The third kappa shape index (κ3) is 4.01. The standard InChI is InChI=1S/C23H25N5O/c1-14-12-25-28-22(15(14)2)17-8-10-18(11-9-17)23(29)24-13-21-26-16(3)19-6-4-5-7-20(19)27-21/h8-12H,4-7,13H2,1-3H3,(H,24,29). The van der Waals surface area contributed by atoms with Gasteiger partial charge in [-0.2, -0.15) is 10.2 Å². The number of hydrogen-bond donors (Lipinski definition) is 1. The maximum Gasteiger partial charge on any atom is 0.251 e. The van der Waals surface area contributed by atoms with E-state index in [-0.39, 0.29) is 5.91 Å². The van der Waals surface area contributed by atoms with Gasteiger partial charge in [0.1, 0.15) is 5.82 Å². The van der Waals surface area contributed by atoms with Gasteiger partial charge >= 0.3 is 0 Å². The first-order valence-electron chi connectivity index (χ1n) is 10.1. The summed E-state index contributed by atoms with van der Waals surface area (Å²) >= 11 is 0. The van der Waals surface area contributed by atoms with Gasteiger partial charge in [0.25, 0.3) is 5.91 Å². The van der Waals surface area contributed by atoms with Crippen LogP contribution in [0.2, 0.25) is 0 Å². The molecule has 2 heterocycles. The fraction of sp³-hybridized carbons (Fsp3) is 0.348. The predicted octanol–water partition coefficient (Wildman–Crippen LogP) is 3.67. The third-order valence-electron chi connectivity index (χ3n) is 5.62. The molecule has 0 spiro atoms. The van der Waals surface area contributed by atoms with Crippen LogP contribution in [0.4, 0.5) is 0 Å². The number of nitrogens with one attached hydrogen (secondary N) is 1. The summed E-state index contributed by atoms with van der Waals surface area (Å²) in [5.74, 6) is 0.543. The lowest BCUT2D eigenvalue weighted by molar-refractivity contribution is 0.0950. The van der Waals surface area contributed by atoms with Crippen LogP contribution in [0.1, 0.15) is 57.1 Å². The molecule has 0 saturated carbocycles. The van der Waals surface area contributed by atoms with Crippen molar-refractivity contribution in [3.63, 3.8) is 0 Å². The molecule has 0 unspecified atom stereocenters. The number of benzene rings is 1. The van der Waals surface area contributed by atoms with Crippen molar-refractivity contribution in [1.29, 1.82) is 0 Å². The van der Waals surface area contributed by atoms with Gasteiger partial charge in [-0.25, -0.2) is 9.97 Å². The Morgan fingerprint density at radius 3 is 2.59 bits per heavy atom. The fourth-order valence-electron chi connectivity index (χ4n) is 3.77. The molecule has 6 nitrogen and oxygen atoms in total. The fourth-order valence-corrected chi connectivity index (χ4v) is 3.77. The molecule has 1 aromatic carbocycles. The number of amides is 1. The van der Waals surface area contributed by atoms with E-state index in [9.17, 15) is 4.79 Å². The van der Waals surface area contributed by atoms with Gasteiger partial charge < -0.3 is 5.32 Å². The topological polar surface area (TPSA) is 80.7 Å². The monoisotopic (exact) mass is 387 g/mol. The first kappa shape index (κ1) is 19.2. The Morgan fingerprint density at radius 2 is 1.79 bits per heavy atom. The number of aryl methyl sites for hydroxylation is 3. The Balaban J connectivity index is 1.45. The van der Waals surface area contributed by atoms with Crippen LogP contribution in [0.25, 0.3) is 11.3 Å². The Bertz CT molecular complexity index is 1060. The highest BCUT2D eigenvalue weighted by molar-refractivity contribution is 5.94. The molecule has 1 amide bonds. The summed E-state index contributed by atoms with van der Waals surface area (Å²) in [7, 11) is 0. The molecule has 6 heteroatoms. The average Bonchev–Trinajstić information content (AvgIpc) is 2.74. The third-order valence-corrected chi connectivity index (χ3v) is 5.62. The van der Waals surface area contributed by atoms with Crippen LogP contribution >= 0.6 is 0 Å². The first-order chi connectivity index (χ1) is 14.0. The highest BCUT2D eigenvalue weighted by Gasteiger charge is 2.16. The van der Waals surface area contributed by atoms with E-state index >= 15 is 0 Å². The zero-order valence-corrected chi connectivity index (χ0v) is 17.1. The molecule has 3 aromatic rings. The molecule has 0 fully saturated rings. The number of hydrogen-bond acceptors (Lipinski definition) is 5. The summed E-state index contributed by atoms with van der Waals surface area (Å²) in [6.07, 6.45) is 6.20. The molecular weight excluding hydrogens is 362 g/mol. The lowest BCUT2D eigenvalue weighted by Crippen LogP contribution is -2.25. The summed E-state index contributed by atoms with van der Waals surface area (Å²) in [5, 5.41) is 11.2. The van der Waals surface area contributed by atoms with Gasteiger partial charge in [0.15, 0.2) is 0 Å². The minimum absolute atomic E-state index is 0.137. The van der Waals surface area contributed by atoms with Gasteiger partial charge in [0, 0.05) is 22.5 Å². The van der Waals surface area contributed by atoms with Gasteiger partial charge in [0.2, 0.25) is 0 Å². The van der Waals surface area contributed by atoms with Crippen molar-refractivity contribution in [3.05, 3.63) is 69.9 Å². The first-order valence-corrected chi connectivity index (χ1v) is 10.1. The number of carbonyl (C=O) groups excluding carboxylic acids is 1. The molecule has 1 aliphatic rings. The van der Waals surface area contributed by atoms with Crippen molar-refractivity contribution in [2.24, 2.45) is 0 Å². The molecule has 0 saturated heterocycles. The van der Waals surface area contributed by atoms with E-state index in [0.29, 0.717) is 17.9 Å². The van der Waals surface area contributed by atoms with Crippen molar-refractivity contribution >= 4 is 5.91 Å². The summed E-state index contributed by atoms with van der Waals surface area (Å²) in [5.41, 5.74) is 8.05. The minimum Gasteiger partial charge on any atom is -0.345 e. The molecule has 29 heavy (non-hydrogen) atoms. The summed E-state index contributed by atoms with van der Waals surface area (Å²) in [6, 6.07) is 7.44. The van der Waals surface area contributed by atoms with Gasteiger partial charge in [-0.3, -0.25) is 4.79 Å². The number of aromatic nitrogens is 4. The second-order valence-corrected chi connectivity index (χ2v) is 7.62. The van der Waals surface area contributed by atoms with Gasteiger partial charge in [0.05, 0.1) is 18.4 Å². The smallest absolute Gasteiger partial charge is 0.251 e. The van der Waals surface area contributed by atoms with Crippen molar-refractivity contribution < 1.29 is 4.79 Å². The number of rotatable bonds is 4. The second kappa shape index (κ2) is 8.07. The second-order valence-electron chi connectivity index (χ2n) is 7.62. The molecule has 1 aliphatic carbocycles. The quantitative estimate of drug-likeness (QED) is 0.739. The summed E-state index contributed by atoms with van der Waals surface area (Å²) in [6.45, 7) is 6.41. The maximum atomic E-state index is 12.6. The van der Waals surface area contributed by atoms with Crippen molar-refractivity contribution in [1.82, 2.24) is 25.5 Å².